The van der Waals surface area contributed by atoms with Crippen molar-refractivity contribution in [3.8, 4) is 11.4 Å². The van der Waals surface area contributed by atoms with Gasteiger partial charge < -0.3 is 14.6 Å². The second-order valence-corrected chi connectivity index (χ2v) is 6.75. The van der Waals surface area contributed by atoms with Gasteiger partial charge in [-0.15, -0.1) is 0 Å². The van der Waals surface area contributed by atoms with E-state index in [9.17, 15) is 14.4 Å². The van der Waals surface area contributed by atoms with E-state index in [-0.39, 0.29) is 18.0 Å². The number of nitrogens with zero attached hydrogens (tertiary/aromatic N) is 2. The molecule has 2 aromatic carbocycles. The summed E-state index contributed by atoms with van der Waals surface area (Å²) in [6.07, 6.45) is 0.505. The van der Waals surface area contributed by atoms with Crippen molar-refractivity contribution < 1.29 is 14.3 Å². The largest absolute Gasteiger partial charge is 0.465 e. The molecule has 7 nitrogen and oxygen atoms in total. The third-order valence-corrected chi connectivity index (χ3v) is 4.96. The van der Waals surface area contributed by atoms with E-state index in [0.717, 1.165) is 11.3 Å². The highest BCUT2D eigenvalue weighted by Gasteiger charge is 2.25. The van der Waals surface area contributed by atoms with Gasteiger partial charge in [-0.25, -0.2) is 9.78 Å². The smallest absolute Gasteiger partial charge is 0.337 e. The van der Waals surface area contributed by atoms with Gasteiger partial charge in [0.15, 0.2) is 0 Å². The van der Waals surface area contributed by atoms with Gasteiger partial charge in [-0.2, -0.15) is 0 Å². The van der Waals surface area contributed by atoms with Gasteiger partial charge in [0.05, 0.1) is 30.5 Å². The molecule has 4 rings (SSSR count). The first-order valence-electron chi connectivity index (χ1n) is 9.22. The molecule has 0 bridgehead atoms. The maximum absolute atomic E-state index is 12.8. The van der Waals surface area contributed by atoms with Crippen LogP contribution in [0.2, 0.25) is 0 Å². The molecule has 29 heavy (non-hydrogen) atoms. The first kappa shape index (κ1) is 18.6. The van der Waals surface area contributed by atoms with Gasteiger partial charge in [-0.05, 0) is 24.3 Å². The lowest BCUT2D eigenvalue weighted by atomic mass is 10.0. The topological polar surface area (TPSA) is 92.4 Å². The molecule has 0 fully saturated rings. The summed E-state index contributed by atoms with van der Waals surface area (Å²) < 4.78 is 4.67. The predicted molar refractivity (Wildman–Crippen MR) is 107 cm³/mol. The number of aromatic nitrogens is 2. The summed E-state index contributed by atoms with van der Waals surface area (Å²) in [7, 11) is 1.31. The van der Waals surface area contributed by atoms with Crippen molar-refractivity contribution in [2.75, 3.05) is 13.7 Å². The Morgan fingerprint density at radius 3 is 2.41 bits per heavy atom. The Bertz CT molecular complexity index is 1120. The van der Waals surface area contributed by atoms with E-state index in [1.54, 1.807) is 29.2 Å². The fourth-order valence-corrected chi connectivity index (χ4v) is 3.38. The monoisotopic (exact) mass is 389 g/mol. The molecule has 0 saturated carbocycles. The van der Waals surface area contributed by atoms with Crippen molar-refractivity contribution >= 4 is 11.9 Å². The average molecular weight is 389 g/mol. The molecule has 1 aliphatic heterocycles. The molecule has 2 heterocycles. The van der Waals surface area contributed by atoms with Crippen molar-refractivity contribution in [3.05, 3.63) is 87.3 Å². The number of aromatic amines is 1. The molecule has 7 heteroatoms. The number of amides is 1. The van der Waals surface area contributed by atoms with Gasteiger partial charge in [-0.3, -0.25) is 9.59 Å². The molecular formula is C22H19N3O4. The summed E-state index contributed by atoms with van der Waals surface area (Å²) in [6.45, 7) is 0.666. The zero-order valence-corrected chi connectivity index (χ0v) is 15.8. The van der Waals surface area contributed by atoms with Gasteiger partial charge in [0.1, 0.15) is 5.82 Å². The van der Waals surface area contributed by atoms with Crippen molar-refractivity contribution in [3.63, 3.8) is 0 Å². The average Bonchev–Trinajstić information content (AvgIpc) is 2.78. The van der Waals surface area contributed by atoms with E-state index in [0.29, 0.717) is 35.5 Å². The third kappa shape index (κ3) is 3.67. The highest BCUT2D eigenvalue weighted by molar-refractivity contribution is 5.96. The number of hydrogen-bond donors (Lipinski definition) is 1. The molecular weight excluding hydrogens is 370 g/mol. The molecule has 1 aromatic heterocycles. The Balaban J connectivity index is 1.56. The number of methoxy groups -OCH3 is 1. The molecule has 0 radical (unpaired) electrons. The lowest BCUT2D eigenvalue weighted by Crippen LogP contribution is -2.39. The molecule has 0 atom stereocenters. The maximum atomic E-state index is 12.8. The quantitative estimate of drug-likeness (QED) is 0.695. The minimum atomic E-state index is -0.456. The number of ether oxygens (including phenoxy) is 1. The fraction of sp³-hybridized carbons (Fsp3) is 0.182. The van der Waals surface area contributed by atoms with Crippen LogP contribution >= 0.6 is 0 Å². The molecule has 0 unspecified atom stereocenters. The van der Waals surface area contributed by atoms with Crippen LogP contribution in [-0.4, -0.2) is 40.4 Å². The molecule has 0 saturated heterocycles. The van der Waals surface area contributed by atoms with Gasteiger partial charge in [0, 0.05) is 24.1 Å². The number of fused-ring (bicyclic) bond motifs is 1. The molecule has 146 valence electrons. The molecule has 3 aromatic rings. The van der Waals surface area contributed by atoms with E-state index in [2.05, 4.69) is 14.7 Å². The van der Waals surface area contributed by atoms with Crippen LogP contribution in [0.15, 0.2) is 59.4 Å². The van der Waals surface area contributed by atoms with Gasteiger partial charge >= 0.3 is 5.97 Å². The lowest BCUT2D eigenvalue weighted by molar-refractivity contribution is 0.0599. The second kappa shape index (κ2) is 7.71. The van der Waals surface area contributed by atoms with Crippen molar-refractivity contribution in [2.45, 2.75) is 13.0 Å². The molecule has 1 N–H and O–H groups in total. The first-order chi connectivity index (χ1) is 14.1. The summed E-state index contributed by atoms with van der Waals surface area (Å²) in [5.41, 5.74) is 2.67. The van der Waals surface area contributed by atoms with Crippen LogP contribution in [0.25, 0.3) is 11.4 Å². The number of H-pyrrole nitrogens is 1. The number of nitrogens with one attached hydrogen (secondary N) is 1. The Morgan fingerprint density at radius 1 is 1.03 bits per heavy atom. The first-order valence-corrected chi connectivity index (χ1v) is 9.22. The molecule has 0 aliphatic carbocycles. The van der Waals surface area contributed by atoms with Crippen molar-refractivity contribution in [1.29, 1.82) is 0 Å². The van der Waals surface area contributed by atoms with Gasteiger partial charge in [0.25, 0.3) is 11.5 Å². The fourth-order valence-electron chi connectivity index (χ4n) is 3.38. The number of carbonyl (C=O) groups is 2. The van der Waals surface area contributed by atoms with E-state index in [1.807, 2.05) is 30.3 Å². The SMILES string of the molecule is COC(=O)c1ccc(C(=O)N2CCc3nc(-c4ccccc4)[nH]c(=O)c3C2)cc1. The molecule has 1 aliphatic rings. The van der Waals surface area contributed by atoms with E-state index in [1.165, 1.54) is 7.11 Å². The van der Waals surface area contributed by atoms with Crippen molar-refractivity contribution in [2.24, 2.45) is 0 Å². The van der Waals surface area contributed by atoms with Crippen LogP contribution in [0.4, 0.5) is 0 Å². The van der Waals surface area contributed by atoms with E-state index in [4.69, 9.17) is 0 Å². The number of benzene rings is 2. The summed E-state index contributed by atoms with van der Waals surface area (Å²) in [4.78, 5) is 46.1. The zero-order valence-electron chi connectivity index (χ0n) is 15.8. The minimum absolute atomic E-state index is 0.196. The van der Waals surface area contributed by atoms with Crippen LogP contribution in [-0.2, 0) is 17.7 Å². The summed E-state index contributed by atoms with van der Waals surface area (Å²) in [5.74, 6) is -0.117. The number of hydrogen-bond acceptors (Lipinski definition) is 5. The highest BCUT2D eigenvalue weighted by Crippen LogP contribution is 2.20. The van der Waals surface area contributed by atoms with Crippen LogP contribution in [0.1, 0.15) is 32.0 Å². The summed E-state index contributed by atoms with van der Waals surface area (Å²) in [5, 5.41) is 0. The predicted octanol–water partition coefficient (Wildman–Crippen LogP) is 2.42. The van der Waals surface area contributed by atoms with Crippen LogP contribution < -0.4 is 5.56 Å². The molecule has 0 spiro atoms. The lowest BCUT2D eigenvalue weighted by Gasteiger charge is -2.28. The molecule has 1 amide bonds. The van der Waals surface area contributed by atoms with Gasteiger partial charge in [-0.1, -0.05) is 30.3 Å². The zero-order chi connectivity index (χ0) is 20.4. The highest BCUT2D eigenvalue weighted by atomic mass is 16.5. The van der Waals surface area contributed by atoms with Crippen LogP contribution in [0, 0.1) is 0 Å². The number of rotatable bonds is 3. The maximum Gasteiger partial charge on any atom is 0.337 e. The van der Waals surface area contributed by atoms with Crippen LogP contribution in [0.5, 0.6) is 0 Å². The Labute approximate surface area is 167 Å². The third-order valence-electron chi connectivity index (χ3n) is 4.96. The van der Waals surface area contributed by atoms with Gasteiger partial charge in [0.2, 0.25) is 0 Å². The van der Waals surface area contributed by atoms with E-state index < -0.39 is 5.97 Å². The Kier molecular flexibility index (Phi) is 4.95. The second-order valence-electron chi connectivity index (χ2n) is 6.75. The Morgan fingerprint density at radius 2 is 1.72 bits per heavy atom. The normalized spacial score (nSPS) is 12.9. The Hall–Kier alpha value is -3.74. The van der Waals surface area contributed by atoms with Crippen molar-refractivity contribution in [1.82, 2.24) is 14.9 Å². The number of carbonyl (C=O) groups excluding carboxylic acids is 2. The summed E-state index contributed by atoms with van der Waals surface area (Å²) >= 11 is 0. The number of esters is 1. The van der Waals surface area contributed by atoms with Crippen LogP contribution in [0.3, 0.4) is 0 Å². The minimum Gasteiger partial charge on any atom is -0.465 e. The summed E-state index contributed by atoms with van der Waals surface area (Å²) in [6, 6.07) is 15.7. The van der Waals surface area contributed by atoms with E-state index >= 15 is 0 Å². The standard InChI is InChI=1S/C22H19N3O4/c1-29-22(28)16-9-7-15(8-10-16)21(27)25-12-11-18-17(13-25)20(26)24-19(23-18)14-5-3-2-4-6-14/h2-10H,11-13H2,1H3,(H,23,24,26).